The Kier molecular flexibility index (Phi) is 7.12. The number of hydrogen-bond acceptors (Lipinski definition) is 5. The minimum absolute atomic E-state index is 0.0299. The fourth-order valence-electron chi connectivity index (χ4n) is 2.08. The highest BCUT2D eigenvalue weighted by Crippen LogP contribution is 2.25. The number of carbonyl (C=O) groups excluding carboxylic acids is 2. The zero-order valence-corrected chi connectivity index (χ0v) is 16.5. The number of halogens is 1. The lowest BCUT2D eigenvalue weighted by Gasteiger charge is -2.07. The third-order valence-corrected chi connectivity index (χ3v) is 4.61. The van der Waals surface area contributed by atoms with Crippen LogP contribution in [0.3, 0.4) is 0 Å². The summed E-state index contributed by atoms with van der Waals surface area (Å²) >= 11 is 1.19. The van der Waals surface area contributed by atoms with E-state index in [1.165, 1.54) is 23.9 Å². The summed E-state index contributed by atoms with van der Waals surface area (Å²) in [5.41, 5.74) is 1.31. The summed E-state index contributed by atoms with van der Waals surface area (Å²) in [5, 5.41) is 9.83. The highest BCUT2D eigenvalue weighted by Gasteiger charge is 2.11. The Labute approximate surface area is 161 Å². The van der Waals surface area contributed by atoms with E-state index in [9.17, 15) is 14.0 Å². The van der Waals surface area contributed by atoms with Crippen molar-refractivity contribution in [2.24, 2.45) is 4.99 Å². The lowest BCUT2D eigenvalue weighted by atomic mass is 10.1. The molecule has 0 saturated carbocycles. The van der Waals surface area contributed by atoms with Gasteiger partial charge in [-0.05, 0) is 19.1 Å². The third kappa shape index (κ3) is 5.92. The first-order chi connectivity index (χ1) is 12.8. The minimum Gasteiger partial charge on any atom is -0.361 e. The molecule has 0 spiro atoms. The van der Waals surface area contributed by atoms with Crippen molar-refractivity contribution < 1.29 is 14.0 Å². The van der Waals surface area contributed by atoms with E-state index in [0.29, 0.717) is 22.7 Å². The maximum Gasteiger partial charge on any atom is 0.346 e. The van der Waals surface area contributed by atoms with Gasteiger partial charge in [0.1, 0.15) is 17.4 Å². The Balaban J connectivity index is 2.04. The predicted octanol–water partition coefficient (Wildman–Crippen LogP) is 3.94. The molecule has 9 heteroatoms. The molecule has 7 nitrogen and oxygen atoms in total. The van der Waals surface area contributed by atoms with Crippen molar-refractivity contribution >= 4 is 40.1 Å². The molecule has 2 rings (SSSR count). The molecule has 0 unspecified atom stereocenters. The molecule has 2 N–H and O–H groups in total. The van der Waals surface area contributed by atoms with Crippen LogP contribution in [0, 0.1) is 5.82 Å². The number of nitrogens with zero attached hydrogens (tertiary/aromatic N) is 3. The number of thioether (sulfide) groups is 1. The SMILES string of the molecule is CCC(=O)CS/C(C)=N\C(=O)Nc1ccc(-c2cc(N(C)C)n[nH]2)cc1F. The highest BCUT2D eigenvalue weighted by atomic mass is 32.2. The molecule has 0 atom stereocenters. The molecule has 0 aliphatic carbocycles. The van der Waals surface area contributed by atoms with Gasteiger partial charge in [0.2, 0.25) is 0 Å². The van der Waals surface area contributed by atoms with Gasteiger partial charge in [0.15, 0.2) is 0 Å². The zero-order valence-electron chi connectivity index (χ0n) is 15.7. The topological polar surface area (TPSA) is 90.4 Å². The summed E-state index contributed by atoms with van der Waals surface area (Å²) in [7, 11) is 3.72. The Morgan fingerprint density at radius 2 is 2.07 bits per heavy atom. The van der Waals surface area contributed by atoms with Crippen LogP contribution in [0.1, 0.15) is 20.3 Å². The van der Waals surface area contributed by atoms with E-state index in [1.807, 2.05) is 19.0 Å². The fraction of sp³-hybridized carbons (Fsp3) is 0.333. The minimum atomic E-state index is -0.688. The number of hydrogen-bond donors (Lipinski definition) is 2. The number of ketones is 1. The Morgan fingerprint density at radius 3 is 2.67 bits per heavy atom. The van der Waals surface area contributed by atoms with E-state index in [4.69, 9.17) is 0 Å². The van der Waals surface area contributed by atoms with Gasteiger partial charge in [0.05, 0.1) is 22.2 Å². The molecule has 2 amide bonds. The normalized spacial score (nSPS) is 11.4. The van der Waals surface area contributed by atoms with Gasteiger partial charge in [-0.1, -0.05) is 13.0 Å². The first-order valence-corrected chi connectivity index (χ1v) is 9.32. The second-order valence-corrected chi connectivity index (χ2v) is 7.14. The monoisotopic (exact) mass is 391 g/mol. The number of Topliss-reactive ketones (excluding diaryl/α,β-unsaturated/α-hetero) is 1. The van der Waals surface area contributed by atoms with Crippen molar-refractivity contribution in [3.63, 3.8) is 0 Å². The molecule has 2 aromatic rings. The number of aromatic amines is 1. The molecule has 27 heavy (non-hydrogen) atoms. The number of carbonyl (C=O) groups is 2. The first-order valence-electron chi connectivity index (χ1n) is 8.33. The van der Waals surface area contributed by atoms with Crippen molar-refractivity contribution in [2.45, 2.75) is 20.3 Å². The number of H-pyrrole nitrogens is 1. The van der Waals surface area contributed by atoms with Crippen molar-refractivity contribution in [3.05, 3.63) is 30.1 Å². The van der Waals surface area contributed by atoms with Crippen LogP contribution in [0.2, 0.25) is 0 Å². The summed E-state index contributed by atoms with van der Waals surface area (Å²) in [6, 6.07) is 5.57. The number of urea groups is 1. The maximum absolute atomic E-state index is 14.3. The summed E-state index contributed by atoms with van der Waals surface area (Å²) in [5.74, 6) is 0.490. The number of rotatable bonds is 6. The highest BCUT2D eigenvalue weighted by molar-refractivity contribution is 8.14. The second-order valence-electron chi connectivity index (χ2n) is 5.97. The average molecular weight is 391 g/mol. The van der Waals surface area contributed by atoms with Gasteiger partial charge in [-0.15, -0.1) is 11.8 Å². The van der Waals surface area contributed by atoms with Gasteiger partial charge in [0, 0.05) is 32.1 Å². The standard InChI is InChI=1S/C18H22FN5O2S/c1-5-13(25)10-27-11(2)20-18(26)21-15-7-6-12(8-14(15)19)16-9-17(23-22-16)24(3)4/h6-9H,5,10H2,1-4H3,(H,21,26)(H,22,23)/b20-11-. The van der Waals surface area contributed by atoms with Crippen LogP contribution in [0.15, 0.2) is 29.3 Å². The number of anilines is 2. The maximum atomic E-state index is 14.3. The van der Waals surface area contributed by atoms with Gasteiger partial charge < -0.3 is 10.2 Å². The average Bonchev–Trinajstić information content (AvgIpc) is 3.11. The van der Waals surface area contributed by atoms with E-state index in [2.05, 4.69) is 20.5 Å². The van der Waals surface area contributed by atoms with Crippen LogP contribution >= 0.6 is 11.8 Å². The van der Waals surface area contributed by atoms with Crippen molar-refractivity contribution in [1.82, 2.24) is 10.2 Å². The third-order valence-electron chi connectivity index (χ3n) is 3.64. The molecule has 0 aliphatic rings. The van der Waals surface area contributed by atoms with Crippen molar-refractivity contribution in [2.75, 3.05) is 30.1 Å². The molecule has 0 saturated heterocycles. The number of amides is 2. The van der Waals surface area contributed by atoms with Crippen LogP contribution in [0.25, 0.3) is 11.3 Å². The molecule has 0 radical (unpaired) electrons. The van der Waals surface area contributed by atoms with Gasteiger partial charge >= 0.3 is 6.03 Å². The quantitative estimate of drug-likeness (QED) is 0.575. The van der Waals surface area contributed by atoms with Gasteiger partial charge in [-0.2, -0.15) is 10.1 Å². The van der Waals surface area contributed by atoms with Crippen molar-refractivity contribution in [3.8, 4) is 11.3 Å². The Bertz CT molecular complexity index is 863. The predicted molar refractivity (Wildman–Crippen MR) is 108 cm³/mol. The van der Waals surface area contributed by atoms with E-state index in [-0.39, 0.29) is 17.2 Å². The van der Waals surface area contributed by atoms with Gasteiger partial charge in [-0.3, -0.25) is 9.89 Å². The van der Waals surface area contributed by atoms with Crippen LogP contribution < -0.4 is 10.2 Å². The largest absolute Gasteiger partial charge is 0.361 e. The molecular weight excluding hydrogens is 369 g/mol. The first kappa shape index (κ1) is 20.6. The van der Waals surface area contributed by atoms with Gasteiger partial charge in [-0.25, -0.2) is 9.18 Å². The van der Waals surface area contributed by atoms with Crippen LogP contribution in [0.4, 0.5) is 20.7 Å². The second kappa shape index (κ2) is 9.31. The molecule has 1 aromatic heterocycles. The number of nitrogens with one attached hydrogen (secondary N) is 2. The van der Waals surface area contributed by atoms with E-state index < -0.39 is 11.8 Å². The molecule has 144 valence electrons. The van der Waals surface area contributed by atoms with Gasteiger partial charge in [0.25, 0.3) is 0 Å². The van der Waals surface area contributed by atoms with E-state index in [0.717, 1.165) is 5.82 Å². The smallest absolute Gasteiger partial charge is 0.346 e. The van der Waals surface area contributed by atoms with Crippen LogP contribution in [-0.4, -0.2) is 46.9 Å². The van der Waals surface area contributed by atoms with Crippen LogP contribution in [0.5, 0.6) is 0 Å². The zero-order chi connectivity index (χ0) is 20.0. The lowest BCUT2D eigenvalue weighted by molar-refractivity contribution is -0.116. The molecular formula is C18H22FN5O2S. The summed E-state index contributed by atoms with van der Waals surface area (Å²) in [4.78, 5) is 28.9. The molecule has 0 bridgehead atoms. The fourth-order valence-corrected chi connectivity index (χ4v) is 2.80. The molecule has 1 aromatic carbocycles. The number of benzene rings is 1. The lowest BCUT2D eigenvalue weighted by Crippen LogP contribution is -2.10. The Hall–Kier alpha value is -2.68. The van der Waals surface area contributed by atoms with Crippen LogP contribution in [-0.2, 0) is 4.79 Å². The summed E-state index contributed by atoms with van der Waals surface area (Å²) in [6.07, 6.45) is 0.441. The number of aromatic nitrogens is 2. The molecule has 0 fully saturated rings. The van der Waals surface area contributed by atoms with E-state index in [1.54, 1.807) is 26.0 Å². The molecule has 0 aliphatic heterocycles. The summed E-state index contributed by atoms with van der Waals surface area (Å²) < 4.78 is 14.3. The number of aliphatic imine (C=N–C) groups is 1. The summed E-state index contributed by atoms with van der Waals surface area (Å²) in [6.45, 7) is 3.41. The Morgan fingerprint density at radius 1 is 1.33 bits per heavy atom. The van der Waals surface area contributed by atoms with Crippen molar-refractivity contribution in [1.29, 1.82) is 0 Å². The molecule has 1 heterocycles. The van der Waals surface area contributed by atoms with E-state index >= 15 is 0 Å².